The summed E-state index contributed by atoms with van der Waals surface area (Å²) >= 11 is 0. The molecule has 0 radical (unpaired) electrons. The number of hydrogen-bond acceptors (Lipinski definition) is 4. The lowest BCUT2D eigenvalue weighted by atomic mass is 10.1. The first-order valence-corrected chi connectivity index (χ1v) is 10.4. The highest BCUT2D eigenvalue weighted by Crippen LogP contribution is 2.29. The number of hydrogen-bond donors (Lipinski definition) is 0. The quantitative estimate of drug-likeness (QED) is 0.293. The van der Waals surface area contributed by atoms with Crippen molar-refractivity contribution in [2.24, 2.45) is 5.92 Å². The zero-order valence-electron chi connectivity index (χ0n) is 18.0. The van der Waals surface area contributed by atoms with Gasteiger partial charge in [0.1, 0.15) is 29.8 Å². The molecule has 0 bridgehead atoms. The predicted molar refractivity (Wildman–Crippen MR) is 115 cm³/mol. The highest BCUT2D eigenvalue weighted by Gasteiger charge is 2.40. The van der Waals surface area contributed by atoms with E-state index < -0.39 is 31.1 Å². The van der Waals surface area contributed by atoms with E-state index in [1.165, 1.54) is 18.2 Å². The van der Waals surface area contributed by atoms with Crippen molar-refractivity contribution in [3.05, 3.63) is 84.2 Å². The molecule has 33 heavy (non-hydrogen) atoms. The van der Waals surface area contributed by atoms with Gasteiger partial charge in [0.2, 0.25) is 0 Å². The maximum absolute atomic E-state index is 14.1. The fraction of sp³-hybridized carbons (Fsp3) is 0.280. The summed E-state index contributed by atoms with van der Waals surface area (Å²) in [7, 11) is 0. The monoisotopic (exact) mass is 464 g/mol. The van der Waals surface area contributed by atoms with Crippen LogP contribution in [-0.4, -0.2) is 26.0 Å². The molecule has 3 aromatic rings. The van der Waals surface area contributed by atoms with Crippen LogP contribution in [-0.2, 0) is 11.3 Å². The Balaban J connectivity index is 1.55. The van der Waals surface area contributed by atoms with E-state index in [1.807, 2.05) is 6.92 Å². The predicted octanol–water partition coefficient (Wildman–Crippen LogP) is 6.79. The van der Waals surface area contributed by atoms with Crippen LogP contribution in [0.1, 0.15) is 12.5 Å². The second-order valence-corrected chi connectivity index (χ2v) is 7.15. The smallest absolute Gasteiger partial charge is 0.397 e. The molecule has 0 aromatic heterocycles. The average Bonchev–Trinajstić information content (AvgIpc) is 2.79. The maximum Gasteiger partial charge on any atom is 0.397 e. The maximum atomic E-state index is 14.1. The van der Waals surface area contributed by atoms with Gasteiger partial charge in [-0.25, -0.2) is 4.39 Å². The molecule has 0 amide bonds. The standard InChI is InChI=1S/C25H24F4O4/c1-2-31-20-9-11-21(12-10-20)32-17-19(25(27,28)29)16-30-15-18-8-13-23(26)24(14-18)33-22-6-4-3-5-7-22/h3-14,19H,2,15-17H2,1H3. The minimum atomic E-state index is -4.50. The van der Waals surface area contributed by atoms with Crippen molar-refractivity contribution >= 4 is 0 Å². The number of para-hydroxylation sites is 1. The van der Waals surface area contributed by atoms with E-state index in [4.69, 9.17) is 18.9 Å². The molecule has 1 unspecified atom stereocenters. The molecule has 0 N–H and O–H groups in total. The molecule has 1 atom stereocenters. The van der Waals surface area contributed by atoms with Crippen LogP contribution in [0.2, 0.25) is 0 Å². The highest BCUT2D eigenvalue weighted by atomic mass is 19.4. The summed E-state index contributed by atoms with van der Waals surface area (Å²) in [5, 5.41) is 0. The van der Waals surface area contributed by atoms with E-state index in [0.717, 1.165) is 0 Å². The van der Waals surface area contributed by atoms with Gasteiger partial charge in [-0.2, -0.15) is 13.2 Å². The molecule has 0 aliphatic heterocycles. The Morgan fingerprint density at radius 3 is 2.09 bits per heavy atom. The summed E-state index contributed by atoms with van der Waals surface area (Å²) in [5.74, 6) is -1.10. The van der Waals surface area contributed by atoms with E-state index in [2.05, 4.69) is 0 Å². The molecular weight excluding hydrogens is 440 g/mol. The SMILES string of the molecule is CCOc1ccc(OCC(COCc2ccc(F)c(Oc3ccccc3)c2)C(F)(F)F)cc1. The number of rotatable bonds is 11. The van der Waals surface area contributed by atoms with Crippen LogP contribution in [0.15, 0.2) is 72.8 Å². The lowest BCUT2D eigenvalue weighted by Gasteiger charge is -2.21. The lowest BCUT2D eigenvalue weighted by Crippen LogP contribution is -2.32. The zero-order valence-corrected chi connectivity index (χ0v) is 18.0. The topological polar surface area (TPSA) is 36.9 Å². The van der Waals surface area contributed by atoms with Crippen LogP contribution in [0.4, 0.5) is 17.6 Å². The van der Waals surface area contributed by atoms with Crippen molar-refractivity contribution in [1.82, 2.24) is 0 Å². The second-order valence-electron chi connectivity index (χ2n) is 7.15. The van der Waals surface area contributed by atoms with E-state index in [1.54, 1.807) is 54.6 Å². The summed E-state index contributed by atoms with van der Waals surface area (Å²) in [6, 6.07) is 19.0. The van der Waals surface area contributed by atoms with E-state index in [0.29, 0.717) is 29.4 Å². The second kappa shape index (κ2) is 11.6. The van der Waals surface area contributed by atoms with E-state index in [-0.39, 0.29) is 12.4 Å². The zero-order chi connectivity index (χ0) is 23.7. The van der Waals surface area contributed by atoms with Gasteiger partial charge in [0, 0.05) is 0 Å². The van der Waals surface area contributed by atoms with Crippen molar-refractivity contribution < 1.29 is 36.5 Å². The summed E-state index contributed by atoms with van der Waals surface area (Å²) in [5.41, 5.74) is 0.482. The summed E-state index contributed by atoms with van der Waals surface area (Å²) in [4.78, 5) is 0. The van der Waals surface area contributed by atoms with Gasteiger partial charge in [0.05, 0.1) is 19.8 Å². The van der Waals surface area contributed by atoms with Crippen LogP contribution >= 0.6 is 0 Å². The van der Waals surface area contributed by atoms with Crippen molar-refractivity contribution in [2.75, 3.05) is 19.8 Å². The molecule has 8 heteroatoms. The van der Waals surface area contributed by atoms with Gasteiger partial charge in [0.15, 0.2) is 11.6 Å². The van der Waals surface area contributed by atoms with E-state index >= 15 is 0 Å². The Kier molecular flexibility index (Phi) is 8.54. The highest BCUT2D eigenvalue weighted by molar-refractivity contribution is 5.35. The summed E-state index contributed by atoms with van der Waals surface area (Å²) in [6.07, 6.45) is -4.50. The van der Waals surface area contributed by atoms with Crippen LogP contribution in [0, 0.1) is 11.7 Å². The minimum absolute atomic E-state index is 0.0338. The Morgan fingerprint density at radius 1 is 0.788 bits per heavy atom. The lowest BCUT2D eigenvalue weighted by molar-refractivity contribution is -0.196. The third kappa shape index (κ3) is 7.68. The number of ether oxygens (including phenoxy) is 4. The molecule has 0 fully saturated rings. The van der Waals surface area contributed by atoms with Crippen molar-refractivity contribution in [1.29, 1.82) is 0 Å². The van der Waals surface area contributed by atoms with Gasteiger partial charge in [-0.05, 0) is 61.0 Å². The normalized spacial score (nSPS) is 12.3. The minimum Gasteiger partial charge on any atom is -0.494 e. The Hall–Kier alpha value is -3.26. The molecule has 0 aliphatic carbocycles. The Bertz CT molecular complexity index is 992. The molecule has 0 saturated carbocycles. The number of alkyl halides is 3. The first-order valence-electron chi connectivity index (χ1n) is 10.4. The molecular formula is C25H24F4O4. The first-order chi connectivity index (χ1) is 15.8. The van der Waals surface area contributed by atoms with Crippen LogP contribution in [0.3, 0.4) is 0 Å². The van der Waals surface area contributed by atoms with Crippen molar-refractivity contribution in [3.63, 3.8) is 0 Å². The van der Waals surface area contributed by atoms with Gasteiger partial charge in [-0.3, -0.25) is 0 Å². The molecule has 0 aliphatic rings. The Labute approximate surface area is 189 Å². The third-order valence-electron chi connectivity index (χ3n) is 4.60. The van der Waals surface area contributed by atoms with Crippen LogP contribution in [0.25, 0.3) is 0 Å². The average molecular weight is 464 g/mol. The van der Waals surface area contributed by atoms with Gasteiger partial charge in [0.25, 0.3) is 0 Å². The van der Waals surface area contributed by atoms with Gasteiger partial charge in [-0.15, -0.1) is 0 Å². The van der Waals surface area contributed by atoms with Gasteiger partial charge < -0.3 is 18.9 Å². The third-order valence-corrected chi connectivity index (χ3v) is 4.60. The summed E-state index contributed by atoms with van der Waals surface area (Å²) in [6.45, 7) is 0.986. The van der Waals surface area contributed by atoms with Crippen molar-refractivity contribution in [2.45, 2.75) is 19.7 Å². The van der Waals surface area contributed by atoms with Gasteiger partial charge >= 0.3 is 6.18 Å². The van der Waals surface area contributed by atoms with Crippen LogP contribution in [0.5, 0.6) is 23.0 Å². The van der Waals surface area contributed by atoms with Crippen LogP contribution < -0.4 is 14.2 Å². The fourth-order valence-corrected chi connectivity index (χ4v) is 2.88. The molecule has 3 rings (SSSR count). The summed E-state index contributed by atoms with van der Waals surface area (Å²) < 4.78 is 75.7. The van der Waals surface area contributed by atoms with E-state index in [9.17, 15) is 17.6 Å². The molecule has 0 spiro atoms. The molecule has 4 nitrogen and oxygen atoms in total. The van der Waals surface area contributed by atoms with Gasteiger partial charge in [-0.1, -0.05) is 24.3 Å². The molecule has 176 valence electrons. The number of benzene rings is 3. The number of halogens is 4. The van der Waals surface area contributed by atoms with Crippen molar-refractivity contribution in [3.8, 4) is 23.0 Å². The first kappa shape index (κ1) is 24.4. The largest absolute Gasteiger partial charge is 0.494 e. The molecule has 0 saturated heterocycles. The fourth-order valence-electron chi connectivity index (χ4n) is 2.88. The Morgan fingerprint density at radius 2 is 1.45 bits per heavy atom. The molecule has 0 heterocycles. The molecule has 3 aromatic carbocycles.